The minimum atomic E-state index is -4.60. The Balaban J connectivity index is 1.65. The van der Waals surface area contributed by atoms with Crippen molar-refractivity contribution >= 4 is 33.0 Å². The van der Waals surface area contributed by atoms with Gasteiger partial charge in [-0.05, 0) is 31.7 Å². The maximum atomic E-state index is 13.2. The van der Waals surface area contributed by atoms with Crippen molar-refractivity contribution in [1.82, 2.24) is 19.6 Å². The van der Waals surface area contributed by atoms with E-state index in [2.05, 4.69) is 20.2 Å². The first-order valence-electron chi connectivity index (χ1n) is 8.88. The molecule has 8 nitrogen and oxygen atoms in total. The summed E-state index contributed by atoms with van der Waals surface area (Å²) in [7, 11) is 1.93. The average molecular weight is 425 g/mol. The number of halogens is 3. The predicted octanol–water partition coefficient (Wildman–Crippen LogP) is 3.66. The van der Waals surface area contributed by atoms with Crippen LogP contribution in [-0.4, -0.2) is 43.6 Å². The first kappa shape index (κ1) is 19.4. The number of oxime groups is 1. The summed E-state index contributed by atoms with van der Waals surface area (Å²) < 4.78 is 41.0. The lowest BCUT2D eigenvalue weighted by Crippen LogP contribution is -2.35. The number of hydrogen-bond acceptors (Lipinski definition) is 8. The largest absolute Gasteiger partial charge is 0.419 e. The van der Waals surface area contributed by atoms with Gasteiger partial charge >= 0.3 is 6.18 Å². The molecule has 154 valence electrons. The molecule has 29 heavy (non-hydrogen) atoms. The van der Waals surface area contributed by atoms with Crippen molar-refractivity contribution in [2.45, 2.75) is 37.9 Å². The predicted molar refractivity (Wildman–Crippen MR) is 103 cm³/mol. The minimum Gasteiger partial charge on any atom is -0.411 e. The number of pyridine rings is 1. The molecule has 1 fully saturated rings. The second-order valence-electron chi connectivity index (χ2n) is 6.89. The fourth-order valence-corrected chi connectivity index (χ4v) is 4.35. The molecule has 1 aliphatic carbocycles. The van der Waals surface area contributed by atoms with Crippen molar-refractivity contribution in [1.29, 1.82) is 0 Å². The highest BCUT2D eigenvalue weighted by Gasteiger charge is 2.34. The summed E-state index contributed by atoms with van der Waals surface area (Å²) in [6, 6.07) is 1.20. The third-order valence-electron chi connectivity index (χ3n) is 5.12. The van der Waals surface area contributed by atoms with Crippen LogP contribution in [0, 0.1) is 0 Å². The molecule has 0 unspecified atom stereocenters. The van der Waals surface area contributed by atoms with Crippen LogP contribution in [0.1, 0.15) is 31.2 Å². The number of alkyl halides is 3. The van der Waals surface area contributed by atoms with Gasteiger partial charge in [-0.25, -0.2) is 14.5 Å². The van der Waals surface area contributed by atoms with Crippen LogP contribution < -0.4 is 10.6 Å². The molecule has 3 N–H and O–H groups in total. The number of nitrogens with zero attached hydrogens (tertiary/aromatic N) is 6. The van der Waals surface area contributed by atoms with Gasteiger partial charge in [0.2, 0.25) is 10.1 Å². The Kier molecular flexibility index (Phi) is 4.81. The maximum absolute atomic E-state index is 13.2. The van der Waals surface area contributed by atoms with Crippen LogP contribution in [0.3, 0.4) is 0 Å². The van der Waals surface area contributed by atoms with E-state index >= 15 is 0 Å². The summed E-state index contributed by atoms with van der Waals surface area (Å²) in [4.78, 5) is 10.6. The molecule has 1 aliphatic rings. The minimum absolute atomic E-state index is 0.231. The Morgan fingerprint density at radius 3 is 2.66 bits per heavy atom. The van der Waals surface area contributed by atoms with Gasteiger partial charge in [0, 0.05) is 24.8 Å². The molecular weight excluding hydrogens is 407 g/mol. The third-order valence-corrected chi connectivity index (χ3v) is 6.13. The molecule has 3 heterocycles. The van der Waals surface area contributed by atoms with Gasteiger partial charge in [-0.3, -0.25) is 0 Å². The smallest absolute Gasteiger partial charge is 0.411 e. The van der Waals surface area contributed by atoms with Gasteiger partial charge in [-0.2, -0.15) is 13.2 Å². The van der Waals surface area contributed by atoms with E-state index in [-0.39, 0.29) is 11.6 Å². The lowest BCUT2D eigenvalue weighted by molar-refractivity contribution is -0.137. The molecule has 0 bridgehead atoms. The van der Waals surface area contributed by atoms with Crippen LogP contribution in [0.5, 0.6) is 0 Å². The first-order valence-corrected chi connectivity index (χ1v) is 9.70. The van der Waals surface area contributed by atoms with E-state index in [0.717, 1.165) is 37.5 Å². The number of hydrogen-bond donors (Lipinski definition) is 2. The summed E-state index contributed by atoms with van der Waals surface area (Å²) in [6.45, 7) is 0. The molecule has 3 aromatic rings. The van der Waals surface area contributed by atoms with Crippen LogP contribution in [0.15, 0.2) is 23.6 Å². The molecular formula is C17H18F3N7OS. The van der Waals surface area contributed by atoms with Gasteiger partial charge < -0.3 is 15.8 Å². The van der Waals surface area contributed by atoms with E-state index in [1.54, 1.807) is 0 Å². The topological polar surface area (TPSA) is 105 Å². The van der Waals surface area contributed by atoms with E-state index in [1.165, 1.54) is 28.2 Å². The van der Waals surface area contributed by atoms with Gasteiger partial charge in [0.1, 0.15) is 5.82 Å². The molecule has 0 saturated heterocycles. The standard InChI is InChI=1S/C17H18F3N7OS/c1-26(11-4-2-10(25-28)3-5-11)16-24-27-13(8-23-15(27)29-16)9-6-12(17(18,19)20)14(21)22-7-9/h6-8,11,28H,2-5H2,1H3,(H2,21,22). The first-order chi connectivity index (χ1) is 13.8. The summed E-state index contributed by atoms with van der Waals surface area (Å²) in [5, 5.41) is 17.5. The lowest BCUT2D eigenvalue weighted by atomic mass is 9.93. The number of rotatable bonds is 3. The van der Waals surface area contributed by atoms with Crippen LogP contribution in [-0.2, 0) is 6.18 Å². The fraction of sp³-hybridized carbons (Fsp3) is 0.412. The fourth-order valence-electron chi connectivity index (χ4n) is 3.44. The number of fused-ring (bicyclic) bond motifs is 1. The summed E-state index contributed by atoms with van der Waals surface area (Å²) in [6.07, 6.45) is 1.27. The Morgan fingerprint density at radius 2 is 2.00 bits per heavy atom. The Labute approximate surface area is 167 Å². The monoisotopic (exact) mass is 425 g/mol. The van der Waals surface area contributed by atoms with E-state index in [4.69, 9.17) is 10.9 Å². The van der Waals surface area contributed by atoms with Crippen LogP contribution in [0.4, 0.5) is 24.1 Å². The zero-order valence-corrected chi connectivity index (χ0v) is 16.2. The Morgan fingerprint density at radius 1 is 1.28 bits per heavy atom. The van der Waals surface area contributed by atoms with Crippen molar-refractivity contribution in [3.8, 4) is 11.3 Å². The number of nitrogens with two attached hydrogens (primary N) is 1. The Hall–Kier alpha value is -2.89. The van der Waals surface area contributed by atoms with Crippen molar-refractivity contribution in [2.24, 2.45) is 5.16 Å². The molecule has 0 aliphatic heterocycles. The lowest BCUT2D eigenvalue weighted by Gasteiger charge is -2.30. The molecule has 3 aromatic heterocycles. The molecule has 0 radical (unpaired) electrons. The zero-order chi connectivity index (χ0) is 20.8. The Bertz CT molecular complexity index is 1060. The highest BCUT2D eigenvalue weighted by Crippen LogP contribution is 2.36. The maximum Gasteiger partial charge on any atom is 0.419 e. The highest BCUT2D eigenvalue weighted by atomic mass is 32.1. The van der Waals surface area contributed by atoms with Gasteiger partial charge in [0.05, 0.1) is 23.2 Å². The summed E-state index contributed by atoms with van der Waals surface area (Å²) in [5.74, 6) is -0.566. The second-order valence-corrected chi connectivity index (χ2v) is 7.82. The molecule has 0 aromatic carbocycles. The van der Waals surface area contributed by atoms with Gasteiger partial charge in [-0.15, -0.1) is 5.10 Å². The van der Waals surface area contributed by atoms with Gasteiger partial charge in [-0.1, -0.05) is 16.5 Å². The van der Waals surface area contributed by atoms with Crippen molar-refractivity contribution in [3.05, 3.63) is 24.0 Å². The normalized spacial score (nSPS) is 17.7. The van der Waals surface area contributed by atoms with Crippen LogP contribution >= 0.6 is 11.3 Å². The zero-order valence-electron chi connectivity index (χ0n) is 15.4. The number of aromatic nitrogens is 4. The SMILES string of the molecule is CN(c1nn2c(-c3cnc(N)c(C(F)(F)F)c3)cnc2s1)C1CCC(=NO)CC1. The molecule has 0 spiro atoms. The number of nitrogen functional groups attached to an aromatic ring is 1. The average Bonchev–Trinajstić information content (AvgIpc) is 3.28. The van der Waals surface area contributed by atoms with Crippen LogP contribution in [0.25, 0.3) is 16.2 Å². The van der Waals surface area contributed by atoms with Gasteiger partial charge in [0.25, 0.3) is 0 Å². The van der Waals surface area contributed by atoms with E-state index < -0.39 is 17.6 Å². The molecule has 0 atom stereocenters. The van der Waals surface area contributed by atoms with Crippen molar-refractivity contribution in [2.75, 3.05) is 17.7 Å². The molecule has 1 saturated carbocycles. The van der Waals surface area contributed by atoms with E-state index in [0.29, 0.717) is 15.8 Å². The third kappa shape index (κ3) is 3.59. The highest BCUT2D eigenvalue weighted by molar-refractivity contribution is 7.20. The molecule has 4 rings (SSSR count). The quantitative estimate of drug-likeness (QED) is 0.490. The summed E-state index contributed by atoms with van der Waals surface area (Å²) >= 11 is 1.35. The number of imidazole rings is 1. The van der Waals surface area contributed by atoms with Crippen molar-refractivity contribution < 1.29 is 18.4 Å². The summed E-state index contributed by atoms with van der Waals surface area (Å²) in [5.41, 5.74) is 5.84. The van der Waals surface area contributed by atoms with Crippen LogP contribution in [0.2, 0.25) is 0 Å². The van der Waals surface area contributed by atoms with E-state index in [1.807, 2.05) is 11.9 Å². The second kappa shape index (κ2) is 7.17. The molecule has 0 amide bonds. The molecule has 12 heteroatoms. The number of anilines is 2. The van der Waals surface area contributed by atoms with E-state index in [9.17, 15) is 13.2 Å². The van der Waals surface area contributed by atoms with Gasteiger partial charge in [0.15, 0.2) is 0 Å². The van der Waals surface area contributed by atoms with Crippen molar-refractivity contribution in [3.63, 3.8) is 0 Å².